The molecule has 2 aromatic heterocycles. The highest BCUT2D eigenvalue weighted by Gasteiger charge is 2.18. The van der Waals surface area contributed by atoms with Crippen LogP contribution in [-0.4, -0.2) is 36.5 Å². The molecule has 1 aromatic carbocycles. The van der Waals surface area contributed by atoms with Gasteiger partial charge in [-0.1, -0.05) is 16.8 Å². The van der Waals surface area contributed by atoms with Crippen molar-refractivity contribution in [3.05, 3.63) is 35.6 Å². The second-order valence-corrected chi connectivity index (χ2v) is 5.09. The lowest BCUT2D eigenvalue weighted by molar-refractivity contribution is 0.324. The Kier molecular flexibility index (Phi) is 4.52. The first-order valence-electron chi connectivity index (χ1n) is 6.92. The number of nitrogens with zero attached hydrogens (tertiary/aromatic N) is 3. The van der Waals surface area contributed by atoms with E-state index in [1.165, 1.54) is 0 Å². The Morgan fingerprint density at radius 1 is 0.958 bits per heavy atom. The molecule has 3 aromatic rings. The second kappa shape index (κ2) is 6.76. The fourth-order valence-corrected chi connectivity index (χ4v) is 2.38. The zero-order valence-electron chi connectivity index (χ0n) is 13.2. The molecule has 0 bridgehead atoms. The van der Waals surface area contributed by atoms with Crippen LogP contribution in [0, 0.1) is 0 Å². The van der Waals surface area contributed by atoms with Gasteiger partial charge in [0.25, 0.3) is 5.89 Å². The van der Waals surface area contributed by atoms with Crippen LogP contribution < -0.4 is 14.2 Å². The minimum atomic E-state index is 0.336. The topological polar surface area (TPSA) is 79.5 Å². The molecular formula is C16H14ClN3O4. The monoisotopic (exact) mass is 347 g/mol. The number of methoxy groups -OCH3 is 3. The summed E-state index contributed by atoms with van der Waals surface area (Å²) in [6, 6.07) is 6.87. The number of rotatable bonds is 5. The van der Waals surface area contributed by atoms with E-state index in [1.807, 2.05) is 0 Å². The summed E-state index contributed by atoms with van der Waals surface area (Å²) in [5, 5.41) is 4.34. The average Bonchev–Trinajstić information content (AvgIpc) is 3.10. The van der Waals surface area contributed by atoms with Crippen LogP contribution in [0.15, 0.2) is 35.0 Å². The van der Waals surface area contributed by atoms with E-state index in [0.717, 1.165) is 0 Å². The van der Waals surface area contributed by atoms with Gasteiger partial charge < -0.3 is 18.7 Å². The highest BCUT2D eigenvalue weighted by atomic mass is 35.5. The number of aromatic nitrogens is 3. The molecule has 0 atom stereocenters. The van der Waals surface area contributed by atoms with E-state index in [2.05, 4.69) is 15.1 Å². The summed E-state index contributed by atoms with van der Waals surface area (Å²) in [4.78, 5) is 8.31. The predicted molar refractivity (Wildman–Crippen MR) is 87.6 cm³/mol. The van der Waals surface area contributed by atoms with E-state index in [9.17, 15) is 0 Å². The maximum Gasteiger partial charge on any atom is 0.258 e. The van der Waals surface area contributed by atoms with Crippen molar-refractivity contribution in [3.8, 4) is 40.1 Å². The van der Waals surface area contributed by atoms with Gasteiger partial charge in [-0.15, -0.1) is 0 Å². The summed E-state index contributed by atoms with van der Waals surface area (Å²) in [6.45, 7) is 0. The molecule has 0 aliphatic carbocycles. The molecule has 8 heteroatoms. The van der Waals surface area contributed by atoms with Crippen LogP contribution in [0.1, 0.15) is 0 Å². The van der Waals surface area contributed by atoms with Crippen molar-refractivity contribution in [2.45, 2.75) is 0 Å². The lowest BCUT2D eigenvalue weighted by Gasteiger charge is -2.12. The number of ether oxygens (including phenoxy) is 3. The maximum absolute atomic E-state index is 5.88. The molecular weight excluding hydrogens is 334 g/mol. The van der Waals surface area contributed by atoms with Crippen LogP contribution in [0.4, 0.5) is 0 Å². The fourth-order valence-electron chi connectivity index (χ4n) is 2.20. The van der Waals surface area contributed by atoms with Crippen LogP contribution in [0.2, 0.25) is 5.15 Å². The third-order valence-electron chi connectivity index (χ3n) is 3.32. The highest BCUT2D eigenvalue weighted by Crippen LogP contribution is 2.40. The van der Waals surface area contributed by atoms with Gasteiger partial charge in [-0.2, -0.15) is 4.98 Å². The van der Waals surface area contributed by atoms with Crippen LogP contribution in [0.3, 0.4) is 0 Å². The minimum absolute atomic E-state index is 0.336. The third-order valence-corrected chi connectivity index (χ3v) is 3.53. The highest BCUT2D eigenvalue weighted by molar-refractivity contribution is 6.29. The fraction of sp³-hybridized carbons (Fsp3) is 0.188. The standard InChI is InChI=1S/C16H14ClN3O4/c1-21-11-6-10(7-12(22-2)14(11)23-3)15-19-16(24-20-15)9-4-5-18-13(17)8-9/h4-8H,1-3H3. The number of hydrogen-bond donors (Lipinski definition) is 0. The summed E-state index contributed by atoms with van der Waals surface area (Å²) < 4.78 is 21.3. The summed E-state index contributed by atoms with van der Waals surface area (Å²) in [5.41, 5.74) is 1.35. The third kappa shape index (κ3) is 2.98. The first kappa shape index (κ1) is 16.1. The molecule has 0 N–H and O–H groups in total. The van der Waals surface area contributed by atoms with Gasteiger partial charge >= 0.3 is 0 Å². The second-order valence-electron chi connectivity index (χ2n) is 4.70. The lowest BCUT2D eigenvalue weighted by Crippen LogP contribution is -1.96. The van der Waals surface area contributed by atoms with Crippen molar-refractivity contribution >= 4 is 11.6 Å². The molecule has 0 saturated carbocycles. The molecule has 0 radical (unpaired) electrons. The molecule has 24 heavy (non-hydrogen) atoms. The normalized spacial score (nSPS) is 10.5. The maximum atomic E-state index is 5.88. The minimum Gasteiger partial charge on any atom is -0.493 e. The van der Waals surface area contributed by atoms with Gasteiger partial charge in [0.2, 0.25) is 11.6 Å². The largest absolute Gasteiger partial charge is 0.493 e. The Morgan fingerprint density at radius 2 is 1.67 bits per heavy atom. The number of halogens is 1. The molecule has 0 unspecified atom stereocenters. The van der Waals surface area contributed by atoms with Gasteiger partial charge in [-0.3, -0.25) is 0 Å². The van der Waals surface area contributed by atoms with Crippen LogP contribution in [0.25, 0.3) is 22.8 Å². The molecule has 124 valence electrons. The van der Waals surface area contributed by atoms with E-state index >= 15 is 0 Å². The lowest BCUT2D eigenvalue weighted by atomic mass is 10.1. The van der Waals surface area contributed by atoms with Gasteiger partial charge in [0, 0.05) is 17.3 Å². The van der Waals surface area contributed by atoms with E-state index in [0.29, 0.717) is 45.2 Å². The van der Waals surface area contributed by atoms with Crippen LogP contribution in [0.5, 0.6) is 17.2 Å². The Morgan fingerprint density at radius 3 is 2.25 bits per heavy atom. The van der Waals surface area contributed by atoms with Crippen molar-refractivity contribution in [2.75, 3.05) is 21.3 Å². The quantitative estimate of drug-likeness (QED) is 0.653. The first-order valence-corrected chi connectivity index (χ1v) is 7.30. The Hall–Kier alpha value is -2.80. The van der Waals surface area contributed by atoms with Gasteiger partial charge in [-0.25, -0.2) is 4.98 Å². The molecule has 0 spiro atoms. The molecule has 7 nitrogen and oxygen atoms in total. The van der Waals surface area contributed by atoms with E-state index in [1.54, 1.807) is 51.8 Å². The van der Waals surface area contributed by atoms with E-state index in [4.69, 9.17) is 30.3 Å². The molecule has 0 aliphatic rings. The smallest absolute Gasteiger partial charge is 0.258 e. The van der Waals surface area contributed by atoms with Crippen molar-refractivity contribution in [1.29, 1.82) is 0 Å². The van der Waals surface area contributed by atoms with Gasteiger partial charge in [0.1, 0.15) is 5.15 Å². The SMILES string of the molecule is COc1cc(-c2noc(-c3ccnc(Cl)c3)n2)cc(OC)c1OC. The summed E-state index contributed by atoms with van der Waals surface area (Å²) in [6.07, 6.45) is 1.57. The van der Waals surface area contributed by atoms with Crippen molar-refractivity contribution < 1.29 is 18.7 Å². The van der Waals surface area contributed by atoms with Crippen LogP contribution in [-0.2, 0) is 0 Å². The Balaban J connectivity index is 2.04. The molecule has 0 amide bonds. The van der Waals surface area contributed by atoms with Gasteiger partial charge in [-0.05, 0) is 24.3 Å². The average molecular weight is 348 g/mol. The molecule has 3 rings (SSSR count). The zero-order chi connectivity index (χ0) is 17.1. The predicted octanol–water partition coefficient (Wildman–Crippen LogP) is 3.48. The zero-order valence-corrected chi connectivity index (χ0v) is 14.0. The summed E-state index contributed by atoms with van der Waals surface area (Å²) in [7, 11) is 4.63. The number of hydrogen-bond acceptors (Lipinski definition) is 7. The summed E-state index contributed by atoms with van der Waals surface area (Å²) >= 11 is 5.88. The Labute approximate surface area is 143 Å². The van der Waals surface area contributed by atoms with E-state index in [-0.39, 0.29) is 0 Å². The molecule has 0 fully saturated rings. The van der Waals surface area contributed by atoms with Gasteiger partial charge in [0.15, 0.2) is 11.5 Å². The van der Waals surface area contributed by atoms with Crippen molar-refractivity contribution in [1.82, 2.24) is 15.1 Å². The van der Waals surface area contributed by atoms with Gasteiger partial charge in [0.05, 0.1) is 21.3 Å². The van der Waals surface area contributed by atoms with E-state index < -0.39 is 0 Å². The molecule has 0 saturated heterocycles. The number of benzene rings is 1. The molecule has 2 heterocycles. The number of pyridine rings is 1. The molecule has 0 aliphatic heterocycles. The van der Waals surface area contributed by atoms with Crippen molar-refractivity contribution in [3.63, 3.8) is 0 Å². The Bertz CT molecular complexity index is 841. The van der Waals surface area contributed by atoms with Crippen LogP contribution >= 0.6 is 11.6 Å². The first-order chi connectivity index (χ1) is 11.7. The summed E-state index contributed by atoms with van der Waals surface area (Å²) in [5.74, 6) is 2.23. The van der Waals surface area contributed by atoms with Crippen molar-refractivity contribution in [2.24, 2.45) is 0 Å².